The zero-order chi connectivity index (χ0) is 16.4. The summed E-state index contributed by atoms with van der Waals surface area (Å²) in [6.45, 7) is 3.05. The molecule has 0 radical (unpaired) electrons. The number of benzene rings is 1. The Morgan fingerprint density at radius 3 is 2.78 bits per heavy atom. The van der Waals surface area contributed by atoms with Crippen molar-refractivity contribution in [2.24, 2.45) is 5.73 Å². The number of hydrogen-bond donors (Lipinski definition) is 1. The molecule has 2 aromatic rings. The molecular weight excluding hydrogens is 400 g/mol. The minimum Gasteiger partial charge on any atom is -0.486 e. The minimum absolute atomic E-state index is 0.248. The van der Waals surface area contributed by atoms with Crippen LogP contribution in [0.1, 0.15) is 16.1 Å². The summed E-state index contributed by atoms with van der Waals surface area (Å²) in [5, 5.41) is 0. The molecule has 0 spiro atoms. The molecule has 0 saturated heterocycles. The van der Waals surface area contributed by atoms with Crippen LogP contribution in [0.15, 0.2) is 20.9 Å². The quantitative estimate of drug-likeness (QED) is 0.759. The van der Waals surface area contributed by atoms with Crippen molar-refractivity contribution < 1.29 is 14.3 Å². The molecular formula is C15H15BrN2O3S2. The van der Waals surface area contributed by atoms with E-state index in [9.17, 15) is 4.79 Å². The maximum atomic E-state index is 11.1. The van der Waals surface area contributed by atoms with Gasteiger partial charge in [0.25, 0.3) is 0 Å². The summed E-state index contributed by atoms with van der Waals surface area (Å²) in [6.07, 6.45) is 0.248. The van der Waals surface area contributed by atoms with Crippen LogP contribution in [0.25, 0.3) is 0 Å². The van der Waals surface area contributed by atoms with Crippen molar-refractivity contribution in [3.05, 3.63) is 32.7 Å². The number of ether oxygens (including phenoxy) is 2. The standard InChI is InChI=1S/C15H15BrN2O3S2/c1-8-13(6-14(17)19)23-15(18-8)22-7-9-4-11-12(5-10(9)16)21-3-2-20-11/h4-5H,2-3,6-7H2,1H3,(H2,17,19). The second-order valence-corrected chi connectivity index (χ2v) is 8.17. The van der Waals surface area contributed by atoms with Crippen molar-refractivity contribution in [2.75, 3.05) is 13.2 Å². The summed E-state index contributed by atoms with van der Waals surface area (Å²) in [5.74, 6) is 1.97. The molecule has 0 bridgehead atoms. The number of amides is 1. The van der Waals surface area contributed by atoms with E-state index in [1.165, 1.54) is 11.3 Å². The lowest BCUT2D eigenvalue weighted by atomic mass is 10.2. The van der Waals surface area contributed by atoms with E-state index in [0.29, 0.717) is 13.2 Å². The Labute approximate surface area is 150 Å². The number of carbonyl (C=O) groups excluding carboxylic acids is 1. The summed E-state index contributed by atoms with van der Waals surface area (Å²) >= 11 is 6.73. The molecule has 1 aliphatic heterocycles. The first-order valence-electron chi connectivity index (χ1n) is 6.98. The van der Waals surface area contributed by atoms with Crippen molar-refractivity contribution in [3.8, 4) is 11.5 Å². The van der Waals surface area contributed by atoms with Crippen LogP contribution in [0.4, 0.5) is 0 Å². The Kier molecular flexibility index (Phi) is 5.13. The monoisotopic (exact) mass is 414 g/mol. The van der Waals surface area contributed by atoms with Crippen LogP contribution in [0.3, 0.4) is 0 Å². The van der Waals surface area contributed by atoms with Gasteiger partial charge in [-0.3, -0.25) is 4.79 Å². The third kappa shape index (κ3) is 3.99. The van der Waals surface area contributed by atoms with Crippen molar-refractivity contribution in [1.82, 2.24) is 4.98 Å². The molecule has 1 aromatic heterocycles. The second-order valence-electron chi connectivity index (χ2n) is 5.01. The summed E-state index contributed by atoms with van der Waals surface area (Å²) in [4.78, 5) is 16.5. The minimum atomic E-state index is -0.331. The third-order valence-electron chi connectivity index (χ3n) is 3.27. The molecule has 3 rings (SSSR count). The number of rotatable bonds is 5. The van der Waals surface area contributed by atoms with Gasteiger partial charge < -0.3 is 15.2 Å². The summed E-state index contributed by atoms with van der Waals surface area (Å²) < 4.78 is 13.1. The highest BCUT2D eigenvalue weighted by atomic mass is 79.9. The van der Waals surface area contributed by atoms with E-state index in [1.807, 2.05) is 19.1 Å². The van der Waals surface area contributed by atoms with Gasteiger partial charge in [-0.05, 0) is 24.6 Å². The predicted molar refractivity (Wildman–Crippen MR) is 94.4 cm³/mol. The number of fused-ring (bicyclic) bond motifs is 1. The zero-order valence-electron chi connectivity index (χ0n) is 12.4. The van der Waals surface area contributed by atoms with Crippen molar-refractivity contribution in [1.29, 1.82) is 0 Å². The fourth-order valence-corrected chi connectivity index (χ4v) is 5.02. The summed E-state index contributed by atoms with van der Waals surface area (Å²) in [6, 6.07) is 3.94. The van der Waals surface area contributed by atoms with Gasteiger partial charge in [0.1, 0.15) is 13.2 Å². The van der Waals surface area contributed by atoms with Gasteiger partial charge in [0.15, 0.2) is 15.8 Å². The van der Waals surface area contributed by atoms with Crippen molar-refractivity contribution >= 4 is 44.9 Å². The van der Waals surface area contributed by atoms with Gasteiger partial charge in [0.05, 0.1) is 12.1 Å². The van der Waals surface area contributed by atoms with Gasteiger partial charge in [-0.1, -0.05) is 27.7 Å². The van der Waals surface area contributed by atoms with E-state index in [2.05, 4.69) is 20.9 Å². The van der Waals surface area contributed by atoms with Crippen LogP contribution in [0.5, 0.6) is 11.5 Å². The summed E-state index contributed by atoms with van der Waals surface area (Å²) in [5.41, 5.74) is 7.24. The normalized spacial score (nSPS) is 13.1. The van der Waals surface area contributed by atoms with E-state index in [0.717, 1.165) is 42.2 Å². The van der Waals surface area contributed by atoms with Gasteiger partial charge in [-0.15, -0.1) is 11.3 Å². The van der Waals surface area contributed by atoms with Crippen LogP contribution in [0, 0.1) is 6.92 Å². The molecule has 0 fully saturated rings. The average Bonchev–Trinajstić information content (AvgIpc) is 2.84. The fraction of sp³-hybridized carbons (Fsp3) is 0.333. The third-order valence-corrected chi connectivity index (χ3v) is 6.36. The van der Waals surface area contributed by atoms with Crippen LogP contribution in [-0.2, 0) is 17.0 Å². The topological polar surface area (TPSA) is 74.4 Å². The first-order chi connectivity index (χ1) is 11.0. The van der Waals surface area contributed by atoms with E-state index in [-0.39, 0.29) is 12.3 Å². The number of aryl methyl sites for hydroxylation is 1. The maximum Gasteiger partial charge on any atom is 0.222 e. The van der Waals surface area contributed by atoms with Gasteiger partial charge in [0.2, 0.25) is 5.91 Å². The number of aromatic nitrogens is 1. The Balaban J connectivity index is 1.72. The lowest BCUT2D eigenvalue weighted by Crippen LogP contribution is -2.15. The first-order valence-corrected chi connectivity index (χ1v) is 9.58. The lowest BCUT2D eigenvalue weighted by Gasteiger charge is -2.19. The van der Waals surface area contributed by atoms with Gasteiger partial charge >= 0.3 is 0 Å². The van der Waals surface area contributed by atoms with Gasteiger partial charge in [-0.25, -0.2) is 4.98 Å². The number of carbonyl (C=O) groups is 1. The molecule has 0 aliphatic carbocycles. The largest absolute Gasteiger partial charge is 0.486 e. The highest BCUT2D eigenvalue weighted by Gasteiger charge is 2.16. The van der Waals surface area contributed by atoms with Crippen molar-refractivity contribution in [2.45, 2.75) is 23.4 Å². The Bertz CT molecular complexity index is 749. The summed E-state index contributed by atoms with van der Waals surface area (Å²) in [7, 11) is 0. The molecule has 1 aromatic carbocycles. The molecule has 23 heavy (non-hydrogen) atoms. The molecule has 0 unspecified atom stereocenters. The molecule has 0 atom stereocenters. The molecule has 122 valence electrons. The average molecular weight is 415 g/mol. The van der Waals surface area contributed by atoms with Crippen LogP contribution in [-0.4, -0.2) is 24.1 Å². The molecule has 2 N–H and O–H groups in total. The number of hydrogen-bond acceptors (Lipinski definition) is 6. The van der Waals surface area contributed by atoms with Crippen LogP contribution >= 0.6 is 39.0 Å². The van der Waals surface area contributed by atoms with E-state index in [1.54, 1.807) is 11.8 Å². The highest BCUT2D eigenvalue weighted by molar-refractivity contribution is 9.10. The Morgan fingerprint density at radius 2 is 2.09 bits per heavy atom. The molecule has 0 saturated carbocycles. The molecule has 1 aliphatic rings. The Morgan fingerprint density at radius 1 is 1.39 bits per heavy atom. The number of thioether (sulfide) groups is 1. The SMILES string of the molecule is Cc1nc(SCc2cc3c(cc2Br)OCCO3)sc1CC(N)=O. The number of nitrogens with two attached hydrogens (primary N) is 1. The van der Waals surface area contributed by atoms with Crippen molar-refractivity contribution in [3.63, 3.8) is 0 Å². The lowest BCUT2D eigenvalue weighted by molar-refractivity contribution is -0.117. The Hall–Kier alpha value is -1.25. The molecule has 1 amide bonds. The second kappa shape index (κ2) is 7.11. The number of thiazole rings is 1. The first kappa shape index (κ1) is 16.6. The molecule has 8 heteroatoms. The van der Waals surface area contributed by atoms with E-state index < -0.39 is 0 Å². The molecule has 5 nitrogen and oxygen atoms in total. The number of primary amides is 1. The predicted octanol–water partition coefficient (Wildman–Crippen LogP) is 3.31. The fourth-order valence-electron chi connectivity index (χ4n) is 2.14. The maximum absolute atomic E-state index is 11.1. The van der Waals surface area contributed by atoms with Crippen LogP contribution < -0.4 is 15.2 Å². The number of nitrogens with zero attached hydrogens (tertiary/aromatic N) is 1. The molecule has 2 heterocycles. The van der Waals surface area contributed by atoms with Crippen LogP contribution in [0.2, 0.25) is 0 Å². The van der Waals surface area contributed by atoms with E-state index in [4.69, 9.17) is 15.2 Å². The van der Waals surface area contributed by atoms with Gasteiger partial charge in [0, 0.05) is 15.1 Å². The van der Waals surface area contributed by atoms with E-state index >= 15 is 0 Å². The van der Waals surface area contributed by atoms with Gasteiger partial charge in [-0.2, -0.15) is 0 Å². The smallest absolute Gasteiger partial charge is 0.222 e. The highest BCUT2D eigenvalue weighted by Crippen LogP contribution is 2.38. The number of halogens is 1. The zero-order valence-corrected chi connectivity index (χ0v) is 15.6.